The SMILES string of the molecule is C=CC(=C\c1cccc(F)c1C)/C(C)=C/C(C)(CC1CCCC1)CC(C)(F)F. The lowest BCUT2D eigenvalue weighted by Crippen LogP contribution is -2.27. The highest BCUT2D eigenvalue weighted by atomic mass is 19.3. The van der Waals surface area contributed by atoms with Gasteiger partial charge < -0.3 is 0 Å². The Morgan fingerprint density at radius 1 is 1.21 bits per heavy atom. The number of allylic oxidation sites excluding steroid dienone is 4. The Morgan fingerprint density at radius 2 is 1.86 bits per heavy atom. The molecule has 0 spiro atoms. The van der Waals surface area contributed by atoms with Crippen molar-refractivity contribution in [3.63, 3.8) is 0 Å². The van der Waals surface area contributed by atoms with E-state index in [4.69, 9.17) is 0 Å². The number of halogens is 3. The molecule has 0 N–H and O–H groups in total. The molecule has 0 heterocycles. The van der Waals surface area contributed by atoms with Crippen LogP contribution in [0.1, 0.15) is 70.4 Å². The molecule has 1 atom stereocenters. The highest BCUT2D eigenvalue weighted by Gasteiger charge is 2.36. The van der Waals surface area contributed by atoms with Crippen LogP contribution in [0.25, 0.3) is 6.08 Å². The van der Waals surface area contributed by atoms with Gasteiger partial charge in [-0.25, -0.2) is 13.2 Å². The van der Waals surface area contributed by atoms with Crippen molar-refractivity contribution >= 4 is 6.08 Å². The minimum Gasteiger partial charge on any atom is -0.207 e. The molecule has 1 aromatic carbocycles. The topological polar surface area (TPSA) is 0 Å². The smallest absolute Gasteiger partial charge is 0.207 e. The quantitative estimate of drug-likeness (QED) is 0.392. The van der Waals surface area contributed by atoms with Gasteiger partial charge in [-0.15, -0.1) is 0 Å². The maximum atomic E-state index is 14.0. The van der Waals surface area contributed by atoms with E-state index in [1.54, 1.807) is 19.1 Å². The Labute approximate surface area is 168 Å². The summed E-state index contributed by atoms with van der Waals surface area (Å²) in [5.74, 6) is -2.46. The third-order valence-corrected chi connectivity index (χ3v) is 5.80. The molecule has 1 aromatic rings. The first-order chi connectivity index (χ1) is 13.0. The highest BCUT2D eigenvalue weighted by Crippen LogP contribution is 2.43. The van der Waals surface area contributed by atoms with Crippen LogP contribution in [0.15, 0.2) is 48.1 Å². The van der Waals surface area contributed by atoms with E-state index in [1.807, 2.05) is 32.1 Å². The molecule has 28 heavy (non-hydrogen) atoms. The lowest BCUT2D eigenvalue weighted by molar-refractivity contribution is -0.0192. The van der Waals surface area contributed by atoms with Crippen molar-refractivity contribution in [3.8, 4) is 0 Å². The molecule has 0 bridgehead atoms. The maximum absolute atomic E-state index is 14.0. The molecule has 3 heteroatoms. The van der Waals surface area contributed by atoms with E-state index < -0.39 is 11.3 Å². The van der Waals surface area contributed by atoms with Gasteiger partial charge in [-0.05, 0) is 72.9 Å². The first-order valence-electron chi connectivity index (χ1n) is 10.2. The van der Waals surface area contributed by atoms with E-state index in [9.17, 15) is 13.2 Å². The zero-order chi connectivity index (χ0) is 20.9. The Hall–Kier alpha value is -1.77. The minimum atomic E-state index is -2.72. The molecule has 2 rings (SSSR count). The monoisotopic (exact) mass is 390 g/mol. The van der Waals surface area contributed by atoms with E-state index in [2.05, 4.69) is 6.58 Å². The number of benzene rings is 1. The third-order valence-electron chi connectivity index (χ3n) is 5.80. The summed E-state index contributed by atoms with van der Waals surface area (Å²) in [6.45, 7) is 10.5. The lowest BCUT2D eigenvalue weighted by Gasteiger charge is -2.32. The van der Waals surface area contributed by atoms with Gasteiger partial charge in [0, 0.05) is 6.42 Å². The fraction of sp³-hybridized carbons (Fsp3) is 0.520. The van der Waals surface area contributed by atoms with Gasteiger partial charge in [0.1, 0.15) is 5.82 Å². The summed E-state index contributed by atoms with van der Waals surface area (Å²) in [7, 11) is 0. The van der Waals surface area contributed by atoms with Crippen LogP contribution in [-0.4, -0.2) is 5.92 Å². The summed E-state index contributed by atoms with van der Waals surface area (Å²) >= 11 is 0. The Morgan fingerprint density at radius 3 is 2.43 bits per heavy atom. The lowest BCUT2D eigenvalue weighted by atomic mass is 9.74. The first kappa shape index (κ1) is 22.5. The molecule has 0 aromatic heterocycles. The molecule has 0 nitrogen and oxygen atoms in total. The second-order valence-corrected chi connectivity index (χ2v) is 8.84. The molecule has 1 fully saturated rings. The molecule has 0 saturated heterocycles. The van der Waals surface area contributed by atoms with Gasteiger partial charge in [-0.1, -0.05) is 63.5 Å². The van der Waals surface area contributed by atoms with Gasteiger partial charge in [0.25, 0.3) is 0 Å². The Bertz CT molecular complexity index is 746. The van der Waals surface area contributed by atoms with Crippen LogP contribution in [0.4, 0.5) is 13.2 Å². The van der Waals surface area contributed by atoms with Gasteiger partial charge in [-0.3, -0.25) is 0 Å². The zero-order valence-electron chi connectivity index (χ0n) is 17.6. The molecule has 0 aliphatic heterocycles. The maximum Gasteiger partial charge on any atom is 0.246 e. The summed E-state index contributed by atoms with van der Waals surface area (Å²) in [4.78, 5) is 0. The Kier molecular flexibility index (Phi) is 7.36. The molecular weight excluding hydrogens is 357 g/mol. The molecule has 154 valence electrons. The van der Waals surface area contributed by atoms with Crippen molar-refractivity contribution in [2.45, 2.75) is 72.1 Å². The fourth-order valence-corrected chi connectivity index (χ4v) is 4.65. The average molecular weight is 391 g/mol. The second-order valence-electron chi connectivity index (χ2n) is 8.84. The fourth-order valence-electron chi connectivity index (χ4n) is 4.65. The van der Waals surface area contributed by atoms with E-state index in [0.717, 1.165) is 42.9 Å². The van der Waals surface area contributed by atoms with E-state index in [1.165, 1.54) is 18.9 Å². The van der Waals surface area contributed by atoms with Gasteiger partial charge >= 0.3 is 0 Å². The second kappa shape index (κ2) is 9.15. The van der Waals surface area contributed by atoms with Crippen molar-refractivity contribution in [3.05, 3.63) is 65.0 Å². The predicted molar refractivity (Wildman–Crippen MR) is 113 cm³/mol. The first-order valence-corrected chi connectivity index (χ1v) is 10.2. The number of alkyl halides is 2. The average Bonchev–Trinajstić information content (AvgIpc) is 3.06. The largest absolute Gasteiger partial charge is 0.246 e. The van der Waals surface area contributed by atoms with Crippen molar-refractivity contribution < 1.29 is 13.2 Å². The van der Waals surface area contributed by atoms with Crippen LogP contribution >= 0.6 is 0 Å². The molecule has 1 unspecified atom stereocenters. The van der Waals surface area contributed by atoms with Gasteiger partial charge in [-0.2, -0.15) is 0 Å². The molecule has 0 amide bonds. The molecule has 0 radical (unpaired) electrons. The van der Waals surface area contributed by atoms with Crippen molar-refractivity contribution in [2.24, 2.45) is 11.3 Å². The summed E-state index contributed by atoms with van der Waals surface area (Å²) < 4.78 is 41.8. The van der Waals surface area contributed by atoms with Crippen LogP contribution in [0.2, 0.25) is 0 Å². The van der Waals surface area contributed by atoms with Gasteiger partial charge in [0.05, 0.1) is 0 Å². The van der Waals surface area contributed by atoms with Crippen LogP contribution < -0.4 is 0 Å². The van der Waals surface area contributed by atoms with Crippen molar-refractivity contribution in [2.75, 3.05) is 0 Å². The van der Waals surface area contributed by atoms with Crippen LogP contribution in [0.5, 0.6) is 0 Å². The molecule has 1 saturated carbocycles. The predicted octanol–water partition coefficient (Wildman–Crippen LogP) is 8.28. The zero-order valence-corrected chi connectivity index (χ0v) is 17.6. The molecule has 1 aliphatic rings. The van der Waals surface area contributed by atoms with Crippen molar-refractivity contribution in [1.29, 1.82) is 0 Å². The van der Waals surface area contributed by atoms with E-state index in [0.29, 0.717) is 11.5 Å². The van der Waals surface area contributed by atoms with Gasteiger partial charge in [0.2, 0.25) is 5.92 Å². The standard InChI is InChI=1S/C25H33F3/c1-6-21(14-22-12-9-13-23(26)19(22)3)18(2)15-24(4,17-25(5,27)28)16-20-10-7-8-11-20/h6,9,12-15,20H,1,7-8,10-11,16-17H2,2-5H3/b18-15+,21-14+. The van der Waals surface area contributed by atoms with Crippen molar-refractivity contribution in [1.82, 2.24) is 0 Å². The number of hydrogen-bond donors (Lipinski definition) is 0. The number of hydrogen-bond acceptors (Lipinski definition) is 0. The third kappa shape index (κ3) is 6.39. The minimum absolute atomic E-state index is 0.169. The normalized spacial score (nSPS) is 19.0. The summed E-state index contributed by atoms with van der Waals surface area (Å²) in [6.07, 6.45) is 10.9. The van der Waals surface area contributed by atoms with Crippen LogP contribution in [0, 0.1) is 24.1 Å². The van der Waals surface area contributed by atoms with E-state index in [-0.39, 0.29) is 12.2 Å². The van der Waals surface area contributed by atoms with E-state index >= 15 is 0 Å². The summed E-state index contributed by atoms with van der Waals surface area (Å²) in [5.41, 5.74) is 2.51. The summed E-state index contributed by atoms with van der Waals surface area (Å²) in [6, 6.07) is 4.97. The Balaban J connectivity index is 2.37. The van der Waals surface area contributed by atoms with Gasteiger partial charge in [0.15, 0.2) is 0 Å². The highest BCUT2D eigenvalue weighted by molar-refractivity contribution is 5.64. The molecular formula is C25H33F3. The summed E-state index contributed by atoms with van der Waals surface area (Å²) in [5, 5.41) is 0. The van der Waals surface area contributed by atoms with Crippen LogP contribution in [0.3, 0.4) is 0 Å². The van der Waals surface area contributed by atoms with Crippen LogP contribution in [-0.2, 0) is 0 Å². The molecule has 1 aliphatic carbocycles. The number of rotatable bonds is 8.